The Kier molecular flexibility index (Phi) is 6.73. The van der Waals surface area contributed by atoms with E-state index in [4.69, 9.17) is 9.84 Å². The van der Waals surface area contributed by atoms with Crippen molar-refractivity contribution in [3.05, 3.63) is 28.2 Å². The monoisotopic (exact) mass is 379 g/mol. The van der Waals surface area contributed by atoms with Gasteiger partial charge in [0.25, 0.3) is 5.91 Å². The van der Waals surface area contributed by atoms with Crippen molar-refractivity contribution in [2.45, 2.75) is 38.8 Å². The van der Waals surface area contributed by atoms with Crippen LogP contribution in [0.3, 0.4) is 0 Å². The Morgan fingerprint density at radius 2 is 2.05 bits per heavy atom. The molecule has 2 unspecified atom stereocenters. The second-order valence-corrected chi connectivity index (χ2v) is 5.57. The first-order chi connectivity index (χ1) is 10.2. The first-order valence-corrected chi connectivity index (χ1v) is 7.24. The summed E-state index contributed by atoms with van der Waals surface area (Å²) in [5.74, 6) is -1.90. The lowest BCUT2D eigenvalue weighted by Gasteiger charge is -2.19. The predicted octanol–water partition coefficient (Wildman–Crippen LogP) is 2.75. The maximum absolute atomic E-state index is 12.3. The van der Waals surface area contributed by atoms with E-state index < -0.39 is 36.9 Å². The fourth-order valence-corrected chi connectivity index (χ4v) is 2.22. The van der Waals surface area contributed by atoms with Crippen molar-refractivity contribution in [1.29, 1.82) is 0 Å². The van der Waals surface area contributed by atoms with Gasteiger partial charge in [-0.3, -0.25) is 4.79 Å². The van der Waals surface area contributed by atoms with Crippen LogP contribution in [0.5, 0.6) is 5.75 Å². The van der Waals surface area contributed by atoms with E-state index in [1.807, 2.05) is 12.2 Å². The average molecular weight is 380 g/mol. The van der Waals surface area contributed by atoms with Crippen LogP contribution in [-0.4, -0.2) is 35.6 Å². The second kappa shape index (κ2) is 8.07. The van der Waals surface area contributed by atoms with Gasteiger partial charge in [0, 0.05) is 6.42 Å². The van der Waals surface area contributed by atoms with Gasteiger partial charge in [0.2, 0.25) is 6.43 Å². The molecular formula is C14H16BrF2NO4. The second-order valence-electron chi connectivity index (χ2n) is 4.72. The van der Waals surface area contributed by atoms with Crippen molar-refractivity contribution in [3.63, 3.8) is 0 Å². The topological polar surface area (TPSA) is 75.6 Å². The van der Waals surface area contributed by atoms with Crippen molar-refractivity contribution in [3.8, 4) is 5.75 Å². The van der Waals surface area contributed by atoms with Crippen LogP contribution in [0, 0.1) is 6.92 Å². The molecule has 5 nitrogen and oxygen atoms in total. The highest BCUT2D eigenvalue weighted by molar-refractivity contribution is 9.10. The number of halogens is 3. The van der Waals surface area contributed by atoms with E-state index in [0.717, 1.165) is 5.56 Å². The zero-order chi connectivity index (χ0) is 16.9. The van der Waals surface area contributed by atoms with E-state index >= 15 is 0 Å². The molecule has 0 heterocycles. The number of hydrogen-bond acceptors (Lipinski definition) is 3. The lowest BCUT2D eigenvalue weighted by Crippen LogP contribution is -2.47. The van der Waals surface area contributed by atoms with Gasteiger partial charge in [-0.1, -0.05) is 6.07 Å². The maximum atomic E-state index is 12.3. The molecule has 0 saturated carbocycles. The number of benzene rings is 1. The van der Waals surface area contributed by atoms with Gasteiger partial charge in [0.1, 0.15) is 11.8 Å². The number of carboxylic acid groups (broad SMARTS) is 1. The zero-order valence-corrected chi connectivity index (χ0v) is 13.6. The zero-order valence-electron chi connectivity index (χ0n) is 12.0. The normalized spacial score (nSPS) is 13.5. The van der Waals surface area contributed by atoms with E-state index in [0.29, 0.717) is 10.2 Å². The molecule has 0 fully saturated rings. The van der Waals surface area contributed by atoms with Gasteiger partial charge < -0.3 is 15.2 Å². The Labute approximate surface area is 134 Å². The number of carboxylic acids is 1. The van der Waals surface area contributed by atoms with Crippen molar-refractivity contribution in [2.75, 3.05) is 0 Å². The molecule has 0 aliphatic rings. The summed E-state index contributed by atoms with van der Waals surface area (Å²) in [5, 5.41) is 10.9. The Bertz CT molecular complexity index is 554. The highest BCUT2D eigenvalue weighted by Crippen LogP contribution is 2.26. The summed E-state index contributed by atoms with van der Waals surface area (Å²) in [4.78, 5) is 22.7. The SMILES string of the molecule is Cc1ccc(OC(C)C(=O)NC(CC(F)F)C(=O)O)c(Br)c1. The molecule has 1 aromatic carbocycles. The van der Waals surface area contributed by atoms with E-state index in [-0.39, 0.29) is 0 Å². The quantitative estimate of drug-likeness (QED) is 0.763. The number of rotatable bonds is 7. The van der Waals surface area contributed by atoms with Crippen molar-refractivity contribution in [1.82, 2.24) is 5.32 Å². The number of nitrogens with one attached hydrogen (secondary N) is 1. The van der Waals surface area contributed by atoms with Gasteiger partial charge in [0.05, 0.1) is 4.47 Å². The number of carbonyl (C=O) groups excluding carboxylic acids is 1. The maximum Gasteiger partial charge on any atom is 0.326 e. The Hall–Kier alpha value is -1.70. The Morgan fingerprint density at radius 3 is 2.55 bits per heavy atom. The smallest absolute Gasteiger partial charge is 0.326 e. The standard InChI is InChI=1S/C14H16BrF2NO4/c1-7-3-4-11(9(15)5-7)22-8(2)13(19)18-10(14(20)21)6-12(16)17/h3-5,8,10,12H,6H2,1-2H3,(H,18,19)(H,20,21). The molecule has 0 spiro atoms. The van der Waals surface area contributed by atoms with Gasteiger partial charge in [-0.25, -0.2) is 13.6 Å². The van der Waals surface area contributed by atoms with E-state index in [1.165, 1.54) is 6.92 Å². The molecule has 8 heteroatoms. The van der Waals surface area contributed by atoms with Crippen molar-refractivity contribution < 1.29 is 28.2 Å². The summed E-state index contributed by atoms with van der Waals surface area (Å²) in [6.45, 7) is 3.29. The summed E-state index contributed by atoms with van der Waals surface area (Å²) in [6, 6.07) is 3.56. The molecule has 1 amide bonds. The van der Waals surface area contributed by atoms with Gasteiger partial charge in [-0.05, 0) is 47.5 Å². The van der Waals surface area contributed by atoms with Gasteiger partial charge in [-0.2, -0.15) is 0 Å². The number of carbonyl (C=O) groups is 2. The third-order valence-electron chi connectivity index (χ3n) is 2.79. The molecule has 0 aliphatic heterocycles. The van der Waals surface area contributed by atoms with Crippen LogP contribution >= 0.6 is 15.9 Å². The average Bonchev–Trinajstić information content (AvgIpc) is 2.40. The minimum Gasteiger partial charge on any atom is -0.480 e. The number of amides is 1. The highest BCUT2D eigenvalue weighted by atomic mass is 79.9. The van der Waals surface area contributed by atoms with E-state index in [2.05, 4.69) is 15.9 Å². The fourth-order valence-electron chi connectivity index (χ4n) is 1.63. The molecule has 2 N–H and O–H groups in total. The molecule has 1 aromatic rings. The lowest BCUT2D eigenvalue weighted by molar-refractivity contribution is -0.144. The lowest BCUT2D eigenvalue weighted by atomic mass is 10.2. The van der Waals surface area contributed by atoms with Crippen molar-refractivity contribution in [2.24, 2.45) is 0 Å². The van der Waals surface area contributed by atoms with Crippen LogP contribution in [0.2, 0.25) is 0 Å². The molecule has 0 aliphatic carbocycles. The molecule has 22 heavy (non-hydrogen) atoms. The summed E-state index contributed by atoms with van der Waals surface area (Å²) >= 11 is 3.28. The van der Waals surface area contributed by atoms with Gasteiger partial charge in [0.15, 0.2) is 6.10 Å². The molecule has 0 saturated heterocycles. The number of alkyl halides is 2. The minimum atomic E-state index is -2.83. The molecular weight excluding hydrogens is 364 g/mol. The number of aryl methyl sites for hydroxylation is 1. The Balaban J connectivity index is 2.69. The predicted molar refractivity (Wildman–Crippen MR) is 79.2 cm³/mol. The first-order valence-electron chi connectivity index (χ1n) is 6.45. The molecule has 122 valence electrons. The third kappa shape index (κ3) is 5.59. The van der Waals surface area contributed by atoms with Crippen LogP contribution in [0.25, 0.3) is 0 Å². The minimum absolute atomic E-state index is 0.397. The van der Waals surface area contributed by atoms with Crippen LogP contribution in [0.1, 0.15) is 18.9 Å². The van der Waals surface area contributed by atoms with Gasteiger partial charge >= 0.3 is 5.97 Å². The number of ether oxygens (including phenoxy) is 1. The van der Waals surface area contributed by atoms with E-state index in [1.54, 1.807) is 18.2 Å². The molecule has 1 rings (SSSR count). The van der Waals surface area contributed by atoms with Crippen LogP contribution in [0.15, 0.2) is 22.7 Å². The first kappa shape index (κ1) is 18.3. The third-order valence-corrected chi connectivity index (χ3v) is 3.41. The Morgan fingerprint density at radius 1 is 1.41 bits per heavy atom. The number of aliphatic carboxylic acids is 1. The summed E-state index contributed by atoms with van der Waals surface area (Å²) in [7, 11) is 0. The van der Waals surface area contributed by atoms with E-state index in [9.17, 15) is 18.4 Å². The van der Waals surface area contributed by atoms with Crippen molar-refractivity contribution >= 4 is 27.8 Å². The van der Waals surface area contributed by atoms with Crippen LogP contribution in [-0.2, 0) is 9.59 Å². The molecule has 0 radical (unpaired) electrons. The summed E-state index contributed by atoms with van der Waals surface area (Å²) in [6.07, 6.45) is -4.82. The van der Waals surface area contributed by atoms with Crippen LogP contribution < -0.4 is 10.1 Å². The molecule has 2 atom stereocenters. The highest BCUT2D eigenvalue weighted by Gasteiger charge is 2.27. The van der Waals surface area contributed by atoms with Gasteiger partial charge in [-0.15, -0.1) is 0 Å². The molecule has 0 bridgehead atoms. The fraction of sp³-hybridized carbons (Fsp3) is 0.429. The molecule has 0 aromatic heterocycles. The van der Waals surface area contributed by atoms with Crippen LogP contribution in [0.4, 0.5) is 8.78 Å². The largest absolute Gasteiger partial charge is 0.480 e. The summed E-state index contributed by atoms with van der Waals surface area (Å²) in [5.41, 5.74) is 0.985. The summed E-state index contributed by atoms with van der Waals surface area (Å²) < 4.78 is 30.6. The number of hydrogen-bond donors (Lipinski definition) is 2.